The van der Waals surface area contributed by atoms with Gasteiger partial charge in [-0.2, -0.15) is 0 Å². The summed E-state index contributed by atoms with van der Waals surface area (Å²) in [6.07, 6.45) is 3.36. The van der Waals surface area contributed by atoms with Crippen LogP contribution in [-0.4, -0.2) is 22.1 Å². The van der Waals surface area contributed by atoms with Gasteiger partial charge in [0.25, 0.3) is 5.91 Å². The zero-order valence-corrected chi connectivity index (χ0v) is 19.5. The summed E-state index contributed by atoms with van der Waals surface area (Å²) in [6.45, 7) is 8.42. The molecule has 2 aromatic carbocycles. The molecular formula is C27H31N3O3. The van der Waals surface area contributed by atoms with Crippen LogP contribution in [0.25, 0.3) is 11.0 Å². The summed E-state index contributed by atoms with van der Waals surface area (Å²) in [6, 6.07) is 19.8. The number of rotatable bonds is 9. The quantitative estimate of drug-likeness (QED) is 0.335. The Labute approximate surface area is 194 Å². The minimum absolute atomic E-state index is 0.140. The van der Waals surface area contributed by atoms with Gasteiger partial charge in [-0.1, -0.05) is 45.0 Å². The molecule has 0 unspecified atom stereocenters. The Hall–Kier alpha value is -3.54. The maximum Gasteiger partial charge on any atom is 0.287 e. The molecule has 1 amide bonds. The lowest BCUT2D eigenvalue weighted by atomic mass is 9.87. The minimum atomic E-state index is -0.246. The first-order valence-electron chi connectivity index (χ1n) is 11.4. The highest BCUT2D eigenvalue weighted by atomic mass is 16.5. The molecule has 0 bridgehead atoms. The van der Waals surface area contributed by atoms with Crippen molar-refractivity contribution in [3.8, 4) is 5.75 Å². The number of aromatic nitrogens is 2. The van der Waals surface area contributed by atoms with Gasteiger partial charge in [0.1, 0.15) is 11.6 Å². The summed E-state index contributed by atoms with van der Waals surface area (Å²) in [5.41, 5.74) is 3.43. The lowest BCUT2D eigenvalue weighted by molar-refractivity contribution is 0.0921. The molecule has 4 rings (SSSR count). The predicted molar refractivity (Wildman–Crippen MR) is 129 cm³/mol. The van der Waals surface area contributed by atoms with E-state index in [1.165, 1.54) is 11.8 Å². The van der Waals surface area contributed by atoms with Crippen LogP contribution < -0.4 is 10.1 Å². The molecule has 0 saturated heterocycles. The first-order chi connectivity index (χ1) is 15.9. The summed E-state index contributed by atoms with van der Waals surface area (Å²) in [5.74, 6) is 1.78. The zero-order chi connectivity index (χ0) is 23.3. The van der Waals surface area contributed by atoms with E-state index >= 15 is 0 Å². The lowest BCUT2D eigenvalue weighted by Gasteiger charge is -2.19. The predicted octanol–water partition coefficient (Wildman–Crippen LogP) is 5.72. The molecule has 2 aromatic heterocycles. The Kier molecular flexibility index (Phi) is 6.82. The highest BCUT2D eigenvalue weighted by Crippen LogP contribution is 2.24. The molecule has 0 aliphatic rings. The largest absolute Gasteiger partial charge is 0.494 e. The van der Waals surface area contributed by atoms with Crippen LogP contribution in [0.5, 0.6) is 5.75 Å². The molecule has 0 aliphatic carbocycles. The van der Waals surface area contributed by atoms with Gasteiger partial charge in [0.15, 0.2) is 5.76 Å². The number of amides is 1. The number of para-hydroxylation sites is 2. The molecule has 33 heavy (non-hydrogen) atoms. The molecule has 4 aromatic rings. The maximum absolute atomic E-state index is 12.3. The fourth-order valence-electron chi connectivity index (χ4n) is 3.78. The van der Waals surface area contributed by atoms with Crippen LogP contribution in [0.3, 0.4) is 0 Å². The van der Waals surface area contributed by atoms with Crippen molar-refractivity contribution in [2.75, 3.05) is 6.61 Å². The van der Waals surface area contributed by atoms with Gasteiger partial charge in [0.2, 0.25) is 0 Å². The molecule has 0 saturated carbocycles. The molecular weight excluding hydrogens is 414 g/mol. The van der Waals surface area contributed by atoms with Crippen LogP contribution in [0.2, 0.25) is 0 Å². The Balaban J connectivity index is 1.33. The number of nitrogens with one attached hydrogen (secondary N) is 1. The van der Waals surface area contributed by atoms with Gasteiger partial charge >= 0.3 is 0 Å². The van der Waals surface area contributed by atoms with Gasteiger partial charge in [-0.15, -0.1) is 0 Å². The summed E-state index contributed by atoms with van der Waals surface area (Å²) in [5, 5.41) is 2.90. The van der Waals surface area contributed by atoms with E-state index in [0.717, 1.165) is 42.0 Å². The van der Waals surface area contributed by atoms with Gasteiger partial charge in [-0.05, 0) is 60.2 Å². The Bertz CT molecular complexity index is 1190. The average Bonchev–Trinajstić information content (AvgIpc) is 3.45. The third-order valence-corrected chi connectivity index (χ3v) is 5.65. The van der Waals surface area contributed by atoms with Crippen molar-refractivity contribution in [2.45, 2.75) is 52.1 Å². The lowest BCUT2D eigenvalue weighted by Crippen LogP contribution is -2.24. The van der Waals surface area contributed by atoms with Crippen molar-refractivity contribution in [3.05, 3.63) is 84.1 Å². The van der Waals surface area contributed by atoms with Crippen molar-refractivity contribution < 1.29 is 13.9 Å². The van der Waals surface area contributed by atoms with Crippen LogP contribution >= 0.6 is 0 Å². The number of fused-ring (bicyclic) bond motifs is 1. The van der Waals surface area contributed by atoms with Crippen molar-refractivity contribution >= 4 is 16.9 Å². The summed E-state index contributed by atoms with van der Waals surface area (Å²) >= 11 is 0. The number of benzene rings is 2. The fraction of sp³-hybridized carbons (Fsp3) is 0.333. The molecule has 0 aliphatic heterocycles. The smallest absolute Gasteiger partial charge is 0.287 e. The summed E-state index contributed by atoms with van der Waals surface area (Å²) in [7, 11) is 0. The van der Waals surface area contributed by atoms with Gasteiger partial charge in [0, 0.05) is 6.54 Å². The number of ether oxygens (including phenoxy) is 1. The van der Waals surface area contributed by atoms with Crippen molar-refractivity contribution in [1.82, 2.24) is 14.9 Å². The van der Waals surface area contributed by atoms with Crippen molar-refractivity contribution in [1.29, 1.82) is 0 Å². The first kappa shape index (κ1) is 22.6. The number of carbonyl (C=O) groups is 1. The molecule has 0 fully saturated rings. The number of imidazole rings is 1. The number of nitrogens with zero attached hydrogens (tertiary/aromatic N) is 2. The number of furan rings is 1. The third-order valence-electron chi connectivity index (χ3n) is 5.65. The highest BCUT2D eigenvalue weighted by molar-refractivity contribution is 5.91. The Morgan fingerprint density at radius 3 is 2.55 bits per heavy atom. The highest BCUT2D eigenvalue weighted by Gasteiger charge is 2.14. The molecule has 0 atom stereocenters. The molecule has 0 spiro atoms. The van der Waals surface area contributed by atoms with Gasteiger partial charge in [-0.3, -0.25) is 4.79 Å². The van der Waals surface area contributed by atoms with Crippen LogP contribution in [0.1, 0.15) is 55.6 Å². The van der Waals surface area contributed by atoms with Gasteiger partial charge < -0.3 is 19.0 Å². The van der Waals surface area contributed by atoms with Crippen LogP contribution in [-0.2, 0) is 18.5 Å². The number of aryl methyl sites for hydroxylation is 1. The number of hydrogen-bond donors (Lipinski definition) is 1. The normalized spacial score (nSPS) is 11.6. The summed E-state index contributed by atoms with van der Waals surface area (Å²) in [4.78, 5) is 17.0. The number of carbonyl (C=O) groups excluding carboxylic acids is 1. The van der Waals surface area contributed by atoms with Crippen LogP contribution in [0.15, 0.2) is 71.3 Å². The van der Waals surface area contributed by atoms with E-state index in [0.29, 0.717) is 18.9 Å². The minimum Gasteiger partial charge on any atom is -0.494 e. The molecule has 6 nitrogen and oxygen atoms in total. The molecule has 6 heteroatoms. The first-order valence-corrected chi connectivity index (χ1v) is 11.4. The number of hydrogen-bond acceptors (Lipinski definition) is 4. The molecule has 0 radical (unpaired) electrons. The maximum atomic E-state index is 12.3. The van der Waals surface area contributed by atoms with E-state index in [1.54, 1.807) is 12.1 Å². The van der Waals surface area contributed by atoms with Gasteiger partial charge in [0.05, 0.1) is 30.4 Å². The van der Waals surface area contributed by atoms with Crippen LogP contribution in [0.4, 0.5) is 0 Å². The van der Waals surface area contributed by atoms with E-state index in [-0.39, 0.29) is 11.3 Å². The summed E-state index contributed by atoms with van der Waals surface area (Å²) < 4.78 is 13.3. The second kappa shape index (κ2) is 9.94. The van der Waals surface area contributed by atoms with E-state index in [4.69, 9.17) is 14.1 Å². The average molecular weight is 446 g/mol. The van der Waals surface area contributed by atoms with Crippen LogP contribution in [0, 0.1) is 0 Å². The van der Waals surface area contributed by atoms with E-state index in [1.807, 2.05) is 30.3 Å². The molecule has 172 valence electrons. The topological polar surface area (TPSA) is 69.3 Å². The molecule has 2 heterocycles. The van der Waals surface area contributed by atoms with Gasteiger partial charge in [-0.25, -0.2) is 4.98 Å². The fourth-order valence-corrected chi connectivity index (χ4v) is 3.78. The van der Waals surface area contributed by atoms with Crippen molar-refractivity contribution in [2.24, 2.45) is 0 Å². The monoisotopic (exact) mass is 445 g/mol. The number of unbranched alkanes of at least 4 members (excludes halogenated alkanes) is 1. The SMILES string of the molecule is CC(C)(C)c1ccc(OCCCCn2c(CNC(=O)c3ccco3)nc3ccccc32)cc1. The Morgan fingerprint density at radius 1 is 1.03 bits per heavy atom. The van der Waals surface area contributed by atoms with E-state index in [9.17, 15) is 4.79 Å². The Morgan fingerprint density at radius 2 is 1.82 bits per heavy atom. The standard InChI is InChI=1S/C27H31N3O3/c1-27(2,3)20-12-14-21(15-13-20)32-17-7-6-16-30-23-10-5-4-9-22(23)29-25(30)19-28-26(31)24-11-8-18-33-24/h4-5,8-15,18H,6-7,16-17,19H2,1-3H3,(H,28,31). The van der Waals surface area contributed by atoms with Crippen molar-refractivity contribution in [3.63, 3.8) is 0 Å². The van der Waals surface area contributed by atoms with E-state index < -0.39 is 0 Å². The second-order valence-electron chi connectivity index (χ2n) is 9.16. The second-order valence-corrected chi connectivity index (χ2v) is 9.16. The third kappa shape index (κ3) is 5.64. The zero-order valence-electron chi connectivity index (χ0n) is 19.5. The van der Waals surface area contributed by atoms with E-state index in [2.05, 4.69) is 48.9 Å². The molecule has 1 N–H and O–H groups in total.